The van der Waals surface area contributed by atoms with Gasteiger partial charge in [0, 0.05) is 33.8 Å². The molecule has 6 heteroatoms. The van der Waals surface area contributed by atoms with E-state index >= 15 is 0 Å². The fraction of sp³-hybridized carbons (Fsp3) is 0.167. The van der Waals surface area contributed by atoms with Crippen molar-refractivity contribution in [1.29, 1.82) is 0 Å². The van der Waals surface area contributed by atoms with Crippen LogP contribution < -0.4 is 0 Å². The SMILES string of the molecule is C/C(N=Cc1cc(C)ccc1O)=N/N=C/c1cc(C)ccc1O.[Ni]. The third kappa shape index (κ3) is 5.63. The van der Waals surface area contributed by atoms with Gasteiger partial charge in [0.05, 0.1) is 6.21 Å². The largest absolute Gasteiger partial charge is 0.507 e. The molecule has 24 heavy (non-hydrogen) atoms. The van der Waals surface area contributed by atoms with Crippen LogP contribution in [0.25, 0.3) is 0 Å². The van der Waals surface area contributed by atoms with E-state index in [1.54, 1.807) is 25.3 Å². The molecule has 0 atom stereocenters. The van der Waals surface area contributed by atoms with Gasteiger partial charge >= 0.3 is 0 Å². The summed E-state index contributed by atoms with van der Waals surface area (Å²) in [6, 6.07) is 10.5. The molecule has 0 spiro atoms. The van der Waals surface area contributed by atoms with Gasteiger partial charge in [0.15, 0.2) is 0 Å². The summed E-state index contributed by atoms with van der Waals surface area (Å²) < 4.78 is 0. The number of amidine groups is 1. The topological polar surface area (TPSA) is 77.5 Å². The summed E-state index contributed by atoms with van der Waals surface area (Å²) in [5.41, 5.74) is 3.28. The number of aliphatic imine (C=N–C) groups is 1. The third-order valence-corrected chi connectivity index (χ3v) is 3.16. The minimum absolute atomic E-state index is 0. The molecule has 0 amide bonds. The van der Waals surface area contributed by atoms with Crippen molar-refractivity contribution in [3.05, 3.63) is 58.7 Å². The molecule has 0 aromatic heterocycles. The fourth-order valence-corrected chi connectivity index (χ4v) is 1.92. The van der Waals surface area contributed by atoms with Gasteiger partial charge in [-0.2, -0.15) is 5.10 Å². The summed E-state index contributed by atoms with van der Waals surface area (Å²) >= 11 is 0. The number of rotatable bonds is 3. The first-order chi connectivity index (χ1) is 11.0. The van der Waals surface area contributed by atoms with Crippen molar-refractivity contribution in [2.45, 2.75) is 20.8 Å². The van der Waals surface area contributed by atoms with Crippen LogP contribution >= 0.6 is 0 Å². The van der Waals surface area contributed by atoms with Crippen molar-refractivity contribution in [2.24, 2.45) is 15.2 Å². The predicted molar refractivity (Wildman–Crippen MR) is 94.0 cm³/mol. The third-order valence-electron chi connectivity index (χ3n) is 3.16. The summed E-state index contributed by atoms with van der Waals surface area (Å²) in [5, 5.41) is 27.3. The van der Waals surface area contributed by atoms with Crippen LogP contribution in [0.15, 0.2) is 51.6 Å². The van der Waals surface area contributed by atoms with Gasteiger partial charge in [-0.15, -0.1) is 5.10 Å². The molecular weight excluding hydrogens is 349 g/mol. The normalized spacial score (nSPS) is 11.9. The van der Waals surface area contributed by atoms with Gasteiger partial charge in [0.2, 0.25) is 0 Å². The Kier molecular flexibility index (Phi) is 7.34. The Labute approximate surface area is 151 Å². The van der Waals surface area contributed by atoms with Crippen molar-refractivity contribution < 1.29 is 26.7 Å². The van der Waals surface area contributed by atoms with Crippen molar-refractivity contribution in [1.82, 2.24) is 0 Å². The standard InChI is InChI=1S/C18H19N3O2.Ni/c1-12-4-6-17(22)15(8-12)10-19-14(3)21-20-11-16-9-13(2)5-7-18(16)23;/h4-11,22-23H,1-3H3;/b19-10?,20-11+,21-14-;. The van der Waals surface area contributed by atoms with Crippen molar-refractivity contribution in [2.75, 3.05) is 0 Å². The van der Waals surface area contributed by atoms with Gasteiger partial charge in [-0.3, -0.25) is 0 Å². The number of hydrogen-bond acceptors (Lipinski definition) is 4. The molecule has 0 aliphatic heterocycles. The van der Waals surface area contributed by atoms with Crippen LogP contribution in [-0.2, 0) is 16.5 Å². The maximum absolute atomic E-state index is 9.74. The summed E-state index contributed by atoms with van der Waals surface area (Å²) in [6.07, 6.45) is 3.02. The molecule has 0 aliphatic carbocycles. The molecule has 0 bridgehead atoms. The van der Waals surface area contributed by atoms with E-state index in [4.69, 9.17) is 0 Å². The summed E-state index contributed by atoms with van der Waals surface area (Å²) in [4.78, 5) is 4.16. The number of aromatic hydroxyl groups is 2. The zero-order chi connectivity index (χ0) is 16.8. The van der Waals surface area contributed by atoms with E-state index in [9.17, 15) is 10.2 Å². The van der Waals surface area contributed by atoms with Gasteiger partial charge in [-0.05, 0) is 45.0 Å². The summed E-state index contributed by atoms with van der Waals surface area (Å²) in [7, 11) is 0. The molecule has 0 radical (unpaired) electrons. The van der Waals surface area contributed by atoms with Gasteiger partial charge in [-0.25, -0.2) is 4.99 Å². The molecule has 2 aromatic rings. The Hall–Kier alpha value is -2.46. The quantitative estimate of drug-likeness (QED) is 0.376. The second-order valence-corrected chi connectivity index (χ2v) is 5.27. The first kappa shape index (κ1) is 19.6. The molecular formula is C18H19N3NiO2. The summed E-state index contributed by atoms with van der Waals surface area (Å²) in [5.74, 6) is 0.759. The molecule has 128 valence electrons. The number of nitrogens with zero attached hydrogens (tertiary/aromatic N) is 3. The number of phenols is 2. The first-order valence-electron chi connectivity index (χ1n) is 7.16. The molecule has 0 aliphatic rings. The van der Waals surface area contributed by atoms with Crippen LogP contribution in [0.3, 0.4) is 0 Å². The second-order valence-electron chi connectivity index (χ2n) is 5.27. The van der Waals surface area contributed by atoms with Gasteiger partial charge in [-0.1, -0.05) is 23.3 Å². The van der Waals surface area contributed by atoms with E-state index in [1.807, 2.05) is 38.1 Å². The molecule has 0 unspecified atom stereocenters. The first-order valence-corrected chi connectivity index (χ1v) is 7.16. The van der Waals surface area contributed by atoms with Gasteiger partial charge in [0.1, 0.15) is 17.3 Å². The zero-order valence-corrected chi connectivity index (χ0v) is 14.7. The van der Waals surface area contributed by atoms with Crippen LogP contribution in [0.2, 0.25) is 0 Å². The average molecular weight is 368 g/mol. The monoisotopic (exact) mass is 367 g/mol. The smallest absolute Gasteiger partial charge is 0.147 e. The number of hydrogen-bond donors (Lipinski definition) is 2. The molecule has 0 fully saturated rings. The Balaban J connectivity index is 0.00000288. The van der Waals surface area contributed by atoms with E-state index in [0.29, 0.717) is 17.0 Å². The molecule has 0 heterocycles. The molecule has 2 N–H and O–H groups in total. The summed E-state index contributed by atoms with van der Waals surface area (Å²) in [6.45, 7) is 5.58. The molecule has 2 aromatic carbocycles. The van der Waals surface area contributed by atoms with Crippen molar-refractivity contribution >= 4 is 18.3 Å². The second kappa shape index (κ2) is 8.99. The minimum atomic E-state index is 0. The molecule has 5 nitrogen and oxygen atoms in total. The maximum Gasteiger partial charge on any atom is 0.147 e. The maximum atomic E-state index is 9.74. The molecule has 2 rings (SSSR count). The van der Waals surface area contributed by atoms with Crippen LogP contribution in [0, 0.1) is 13.8 Å². The van der Waals surface area contributed by atoms with E-state index in [0.717, 1.165) is 11.1 Å². The Morgan fingerprint density at radius 2 is 1.38 bits per heavy atom. The number of aryl methyl sites for hydroxylation is 2. The van der Waals surface area contributed by atoms with Gasteiger partial charge in [0.25, 0.3) is 0 Å². The molecule has 0 saturated carbocycles. The fourth-order valence-electron chi connectivity index (χ4n) is 1.92. The Morgan fingerprint density at radius 3 is 1.92 bits per heavy atom. The van der Waals surface area contributed by atoms with Crippen LogP contribution in [0.1, 0.15) is 29.2 Å². The average Bonchev–Trinajstić information content (AvgIpc) is 2.51. The van der Waals surface area contributed by atoms with E-state index < -0.39 is 0 Å². The van der Waals surface area contributed by atoms with Crippen molar-refractivity contribution in [3.63, 3.8) is 0 Å². The minimum Gasteiger partial charge on any atom is -0.507 e. The van der Waals surface area contributed by atoms with Gasteiger partial charge < -0.3 is 10.2 Å². The zero-order valence-electron chi connectivity index (χ0n) is 13.7. The van der Waals surface area contributed by atoms with Crippen LogP contribution in [-0.4, -0.2) is 28.5 Å². The van der Waals surface area contributed by atoms with Crippen LogP contribution in [0.4, 0.5) is 0 Å². The number of phenolic OH excluding ortho intramolecular Hbond substituents is 2. The number of benzene rings is 2. The van der Waals surface area contributed by atoms with Crippen LogP contribution in [0.5, 0.6) is 11.5 Å². The Morgan fingerprint density at radius 1 is 0.875 bits per heavy atom. The van der Waals surface area contributed by atoms with E-state index in [1.165, 1.54) is 6.21 Å². The van der Waals surface area contributed by atoms with E-state index in [2.05, 4.69) is 15.2 Å². The predicted octanol–water partition coefficient (Wildman–Crippen LogP) is 3.58. The van der Waals surface area contributed by atoms with E-state index in [-0.39, 0.29) is 28.0 Å². The van der Waals surface area contributed by atoms with Crippen molar-refractivity contribution in [3.8, 4) is 11.5 Å². The Bertz CT molecular complexity index is 799. The molecule has 0 saturated heterocycles.